The van der Waals surface area contributed by atoms with Gasteiger partial charge in [0.05, 0.1) is 12.8 Å². The number of aryl methyl sites for hydroxylation is 2. The SMILES string of the molecule is CCCOc1ccc(CN(C(=O)COc2ccc(C)nc2)C2CCCCNC2=O)cc1C. The number of hydrogen-bond acceptors (Lipinski definition) is 5. The van der Waals surface area contributed by atoms with Crippen LogP contribution in [0.15, 0.2) is 36.5 Å². The number of carbonyl (C=O) groups excluding carboxylic acids is 2. The topological polar surface area (TPSA) is 80.8 Å². The summed E-state index contributed by atoms with van der Waals surface area (Å²) in [6, 6.07) is 9.02. The molecule has 0 spiro atoms. The van der Waals surface area contributed by atoms with Crippen LogP contribution >= 0.6 is 0 Å². The molecule has 2 aromatic rings. The van der Waals surface area contributed by atoms with Gasteiger partial charge in [-0.25, -0.2) is 0 Å². The Morgan fingerprint density at radius 1 is 1.19 bits per heavy atom. The van der Waals surface area contributed by atoms with Gasteiger partial charge in [-0.15, -0.1) is 0 Å². The lowest BCUT2D eigenvalue weighted by Crippen LogP contribution is -2.49. The first kappa shape index (κ1) is 23.6. The van der Waals surface area contributed by atoms with Crippen LogP contribution < -0.4 is 14.8 Å². The van der Waals surface area contributed by atoms with Crippen molar-refractivity contribution < 1.29 is 19.1 Å². The molecule has 172 valence electrons. The second-order valence-corrected chi connectivity index (χ2v) is 8.20. The fraction of sp³-hybridized carbons (Fsp3) is 0.480. The highest BCUT2D eigenvalue weighted by Gasteiger charge is 2.31. The third kappa shape index (κ3) is 6.45. The molecule has 0 bridgehead atoms. The zero-order valence-electron chi connectivity index (χ0n) is 19.2. The Hall–Kier alpha value is -3.09. The van der Waals surface area contributed by atoms with Crippen molar-refractivity contribution in [3.05, 3.63) is 53.3 Å². The molecule has 1 aliphatic rings. The molecule has 7 heteroatoms. The number of nitrogens with one attached hydrogen (secondary N) is 1. The molecule has 1 aliphatic heterocycles. The first-order valence-corrected chi connectivity index (χ1v) is 11.3. The summed E-state index contributed by atoms with van der Waals surface area (Å²) in [7, 11) is 0. The molecule has 1 fully saturated rings. The fourth-order valence-electron chi connectivity index (χ4n) is 3.74. The zero-order valence-corrected chi connectivity index (χ0v) is 19.2. The molecule has 1 aromatic heterocycles. The van der Waals surface area contributed by atoms with Crippen LogP contribution in [0.1, 0.15) is 49.4 Å². The van der Waals surface area contributed by atoms with E-state index < -0.39 is 6.04 Å². The highest BCUT2D eigenvalue weighted by molar-refractivity contribution is 5.88. The molecule has 2 amide bonds. The van der Waals surface area contributed by atoms with E-state index in [9.17, 15) is 9.59 Å². The third-order valence-electron chi connectivity index (χ3n) is 5.50. The van der Waals surface area contributed by atoms with Crippen molar-refractivity contribution in [2.24, 2.45) is 0 Å². The maximum Gasteiger partial charge on any atom is 0.261 e. The second-order valence-electron chi connectivity index (χ2n) is 8.20. The Labute approximate surface area is 190 Å². The Bertz CT molecular complexity index is 914. The predicted molar refractivity (Wildman–Crippen MR) is 123 cm³/mol. The van der Waals surface area contributed by atoms with Crippen molar-refractivity contribution in [2.75, 3.05) is 19.8 Å². The molecule has 1 atom stereocenters. The molecule has 7 nitrogen and oxygen atoms in total. The quantitative estimate of drug-likeness (QED) is 0.646. The van der Waals surface area contributed by atoms with Gasteiger partial charge in [0, 0.05) is 18.8 Å². The standard InChI is InChI=1S/C25H33N3O4/c1-4-13-31-23-11-9-20(14-18(23)2)16-28(22-7-5-6-12-26-25(22)30)24(29)17-32-21-10-8-19(3)27-15-21/h8-11,14-15,22H,4-7,12-13,16-17H2,1-3H3,(H,26,30). The number of aromatic nitrogens is 1. The van der Waals surface area contributed by atoms with Gasteiger partial charge in [-0.2, -0.15) is 0 Å². The molecule has 1 aromatic carbocycles. The Morgan fingerprint density at radius 2 is 2.03 bits per heavy atom. The molecule has 3 rings (SSSR count). The van der Waals surface area contributed by atoms with Crippen LogP contribution in [0.3, 0.4) is 0 Å². The third-order valence-corrected chi connectivity index (χ3v) is 5.50. The summed E-state index contributed by atoms with van der Waals surface area (Å²) in [5.74, 6) is 1.04. The summed E-state index contributed by atoms with van der Waals surface area (Å²) >= 11 is 0. The summed E-state index contributed by atoms with van der Waals surface area (Å²) in [6.07, 6.45) is 4.98. The highest BCUT2D eigenvalue weighted by atomic mass is 16.5. The van der Waals surface area contributed by atoms with Gasteiger partial charge in [-0.1, -0.05) is 19.1 Å². The number of amides is 2. The molecule has 0 saturated carbocycles. The average molecular weight is 440 g/mol. The number of pyridine rings is 1. The molecule has 1 N–H and O–H groups in total. The number of ether oxygens (including phenoxy) is 2. The first-order chi connectivity index (χ1) is 15.5. The van der Waals surface area contributed by atoms with E-state index in [1.54, 1.807) is 17.2 Å². The normalized spacial score (nSPS) is 16.1. The average Bonchev–Trinajstić information content (AvgIpc) is 3.00. The smallest absolute Gasteiger partial charge is 0.261 e. The Balaban J connectivity index is 1.77. The second kappa shape index (κ2) is 11.5. The number of benzene rings is 1. The van der Waals surface area contributed by atoms with Gasteiger partial charge >= 0.3 is 0 Å². The number of nitrogens with zero attached hydrogens (tertiary/aromatic N) is 2. The Morgan fingerprint density at radius 3 is 2.75 bits per heavy atom. The van der Waals surface area contributed by atoms with Crippen LogP contribution in [0.25, 0.3) is 0 Å². The van der Waals surface area contributed by atoms with Gasteiger partial charge in [0.1, 0.15) is 17.5 Å². The lowest BCUT2D eigenvalue weighted by Gasteiger charge is -2.30. The van der Waals surface area contributed by atoms with Gasteiger partial charge in [-0.05, 0) is 68.9 Å². The van der Waals surface area contributed by atoms with Crippen molar-refractivity contribution in [2.45, 2.75) is 59.0 Å². The molecule has 32 heavy (non-hydrogen) atoms. The number of hydrogen-bond donors (Lipinski definition) is 1. The van der Waals surface area contributed by atoms with E-state index in [0.29, 0.717) is 31.9 Å². The first-order valence-electron chi connectivity index (χ1n) is 11.3. The molecule has 2 heterocycles. The van der Waals surface area contributed by atoms with Crippen LogP contribution in [-0.2, 0) is 16.1 Å². The Kier molecular flexibility index (Phi) is 8.48. The van der Waals surface area contributed by atoms with Crippen molar-refractivity contribution in [3.63, 3.8) is 0 Å². The summed E-state index contributed by atoms with van der Waals surface area (Å²) < 4.78 is 11.4. The summed E-state index contributed by atoms with van der Waals surface area (Å²) in [5.41, 5.74) is 2.84. The minimum Gasteiger partial charge on any atom is -0.493 e. The number of carbonyl (C=O) groups is 2. The lowest BCUT2D eigenvalue weighted by molar-refractivity contribution is -0.142. The molecular formula is C25H33N3O4. The maximum absolute atomic E-state index is 13.2. The lowest BCUT2D eigenvalue weighted by atomic mass is 10.1. The summed E-state index contributed by atoms with van der Waals surface area (Å²) in [5, 5.41) is 2.94. The molecule has 1 unspecified atom stereocenters. The number of rotatable bonds is 9. The van der Waals surface area contributed by atoms with Crippen LogP contribution in [-0.4, -0.2) is 47.5 Å². The van der Waals surface area contributed by atoms with Gasteiger partial charge in [0.2, 0.25) is 5.91 Å². The minimum absolute atomic E-state index is 0.104. The minimum atomic E-state index is -0.513. The van der Waals surface area contributed by atoms with E-state index >= 15 is 0 Å². The van der Waals surface area contributed by atoms with Gasteiger partial charge < -0.3 is 19.7 Å². The van der Waals surface area contributed by atoms with Gasteiger partial charge in [0.25, 0.3) is 5.91 Å². The maximum atomic E-state index is 13.2. The van der Waals surface area contributed by atoms with Crippen molar-refractivity contribution >= 4 is 11.8 Å². The summed E-state index contributed by atoms with van der Waals surface area (Å²) in [6.45, 7) is 7.45. The van der Waals surface area contributed by atoms with Crippen LogP contribution in [0, 0.1) is 13.8 Å². The van der Waals surface area contributed by atoms with E-state index in [0.717, 1.165) is 41.8 Å². The van der Waals surface area contributed by atoms with E-state index in [1.807, 2.05) is 38.1 Å². The van der Waals surface area contributed by atoms with Gasteiger partial charge in [-0.3, -0.25) is 14.6 Å². The van der Waals surface area contributed by atoms with Crippen molar-refractivity contribution in [1.82, 2.24) is 15.2 Å². The molecule has 1 saturated heterocycles. The largest absolute Gasteiger partial charge is 0.493 e. The molecular weight excluding hydrogens is 406 g/mol. The van der Waals surface area contributed by atoms with Crippen LogP contribution in [0.2, 0.25) is 0 Å². The predicted octanol–water partition coefficient (Wildman–Crippen LogP) is 3.56. The van der Waals surface area contributed by atoms with Gasteiger partial charge in [0.15, 0.2) is 6.61 Å². The fourth-order valence-corrected chi connectivity index (χ4v) is 3.74. The van der Waals surface area contributed by atoms with E-state index in [2.05, 4.69) is 17.2 Å². The van der Waals surface area contributed by atoms with E-state index in [4.69, 9.17) is 9.47 Å². The van der Waals surface area contributed by atoms with Crippen molar-refractivity contribution in [3.8, 4) is 11.5 Å². The zero-order chi connectivity index (χ0) is 22.9. The summed E-state index contributed by atoms with van der Waals surface area (Å²) in [4.78, 5) is 31.8. The van der Waals surface area contributed by atoms with Crippen LogP contribution in [0.4, 0.5) is 0 Å². The molecule has 0 aliphatic carbocycles. The molecule has 0 radical (unpaired) electrons. The highest BCUT2D eigenvalue weighted by Crippen LogP contribution is 2.23. The monoisotopic (exact) mass is 439 g/mol. The van der Waals surface area contributed by atoms with E-state index in [1.165, 1.54) is 0 Å². The van der Waals surface area contributed by atoms with Crippen LogP contribution in [0.5, 0.6) is 11.5 Å². The van der Waals surface area contributed by atoms with E-state index in [-0.39, 0.29) is 18.4 Å². The van der Waals surface area contributed by atoms with Crippen molar-refractivity contribution in [1.29, 1.82) is 0 Å².